The average molecular weight is 389 g/mol. The molecular weight excluding hydrogens is 362 g/mol. The second-order valence-corrected chi connectivity index (χ2v) is 8.90. The topological polar surface area (TPSA) is 46.6 Å². The zero-order valence-corrected chi connectivity index (χ0v) is 17.5. The lowest BCUT2D eigenvalue weighted by Gasteiger charge is -2.43. The van der Waals surface area contributed by atoms with E-state index in [0.29, 0.717) is 19.3 Å². The van der Waals surface area contributed by atoms with E-state index in [-0.39, 0.29) is 23.0 Å². The monoisotopic (exact) mass is 389 g/mol. The molecule has 1 atom stereocenters. The van der Waals surface area contributed by atoms with Gasteiger partial charge in [0, 0.05) is 35.7 Å². The molecule has 0 bridgehead atoms. The van der Waals surface area contributed by atoms with Crippen molar-refractivity contribution >= 4 is 17.4 Å². The Bertz CT molecular complexity index is 984. The van der Waals surface area contributed by atoms with E-state index in [4.69, 9.17) is 4.74 Å². The van der Waals surface area contributed by atoms with E-state index in [1.54, 1.807) is 12.0 Å². The fourth-order valence-electron chi connectivity index (χ4n) is 4.53. The molecule has 0 fully saturated rings. The minimum atomic E-state index is -0.171. The van der Waals surface area contributed by atoms with Crippen LogP contribution < -0.4 is 9.64 Å². The molecule has 0 N–H and O–H groups in total. The molecule has 2 aliphatic rings. The third-order valence-corrected chi connectivity index (χ3v) is 5.95. The van der Waals surface area contributed by atoms with Crippen molar-refractivity contribution in [1.29, 1.82) is 0 Å². The van der Waals surface area contributed by atoms with Crippen LogP contribution in [-0.2, 0) is 9.59 Å². The SMILES string of the molecule is COc1ccc(N2C(=O)CC(c3ccc(C)cc3)C3=C2CC(C)(C)CC3=O)cc1. The molecule has 29 heavy (non-hydrogen) atoms. The molecule has 2 aromatic carbocycles. The fraction of sp³-hybridized carbons (Fsp3) is 0.360. The number of ketones is 1. The predicted octanol–water partition coefficient (Wildman–Crippen LogP) is 5.17. The Balaban J connectivity index is 1.86. The minimum absolute atomic E-state index is 0.0324. The quantitative estimate of drug-likeness (QED) is 0.728. The fourth-order valence-corrected chi connectivity index (χ4v) is 4.53. The molecule has 0 saturated carbocycles. The van der Waals surface area contributed by atoms with Gasteiger partial charge in [-0.05, 0) is 48.6 Å². The van der Waals surface area contributed by atoms with Crippen LogP contribution in [0.15, 0.2) is 59.8 Å². The van der Waals surface area contributed by atoms with Crippen molar-refractivity contribution in [3.05, 3.63) is 70.9 Å². The number of carbonyl (C=O) groups is 2. The summed E-state index contributed by atoms with van der Waals surface area (Å²) in [6.45, 7) is 6.24. The summed E-state index contributed by atoms with van der Waals surface area (Å²) in [6.07, 6.45) is 1.52. The van der Waals surface area contributed by atoms with Crippen molar-refractivity contribution in [2.24, 2.45) is 5.41 Å². The molecule has 0 saturated heterocycles. The summed E-state index contributed by atoms with van der Waals surface area (Å²) in [5.41, 5.74) is 4.49. The van der Waals surface area contributed by atoms with Gasteiger partial charge < -0.3 is 4.74 Å². The van der Waals surface area contributed by atoms with Crippen LogP contribution in [0, 0.1) is 12.3 Å². The van der Waals surface area contributed by atoms with Gasteiger partial charge in [0.1, 0.15) is 5.75 Å². The highest BCUT2D eigenvalue weighted by molar-refractivity contribution is 6.07. The maximum Gasteiger partial charge on any atom is 0.232 e. The summed E-state index contributed by atoms with van der Waals surface area (Å²) >= 11 is 0. The number of ether oxygens (including phenoxy) is 1. The number of hydrogen-bond donors (Lipinski definition) is 0. The third-order valence-electron chi connectivity index (χ3n) is 5.95. The van der Waals surface area contributed by atoms with Crippen LogP contribution in [0.5, 0.6) is 5.75 Å². The molecule has 0 radical (unpaired) electrons. The molecule has 4 heteroatoms. The average Bonchev–Trinajstić information content (AvgIpc) is 2.67. The molecule has 2 aromatic rings. The van der Waals surface area contributed by atoms with E-state index in [2.05, 4.69) is 13.8 Å². The maximum absolute atomic E-state index is 13.3. The first-order valence-electron chi connectivity index (χ1n) is 10.1. The number of carbonyl (C=O) groups excluding carboxylic acids is 2. The van der Waals surface area contributed by atoms with Crippen molar-refractivity contribution in [3.8, 4) is 5.75 Å². The molecule has 150 valence electrons. The molecule has 4 nitrogen and oxygen atoms in total. The van der Waals surface area contributed by atoms with Gasteiger partial charge in [0.15, 0.2) is 5.78 Å². The number of methoxy groups -OCH3 is 1. The molecule has 1 unspecified atom stereocenters. The van der Waals surface area contributed by atoms with E-state index in [1.807, 2.05) is 55.5 Å². The Hall–Kier alpha value is -2.88. The summed E-state index contributed by atoms with van der Waals surface area (Å²) in [5, 5.41) is 0. The van der Waals surface area contributed by atoms with Crippen LogP contribution in [0.4, 0.5) is 5.69 Å². The van der Waals surface area contributed by atoms with E-state index < -0.39 is 0 Å². The number of nitrogens with zero attached hydrogens (tertiary/aromatic N) is 1. The van der Waals surface area contributed by atoms with Crippen LogP contribution in [0.3, 0.4) is 0 Å². The van der Waals surface area contributed by atoms with E-state index in [0.717, 1.165) is 28.3 Å². The van der Waals surface area contributed by atoms with Crippen LogP contribution >= 0.6 is 0 Å². The predicted molar refractivity (Wildman–Crippen MR) is 114 cm³/mol. The lowest BCUT2D eigenvalue weighted by molar-refractivity contribution is -0.121. The molecule has 1 heterocycles. The Labute approximate surface area is 172 Å². The van der Waals surface area contributed by atoms with Crippen molar-refractivity contribution in [2.45, 2.75) is 46.0 Å². The van der Waals surface area contributed by atoms with Crippen molar-refractivity contribution in [3.63, 3.8) is 0 Å². The van der Waals surface area contributed by atoms with Gasteiger partial charge in [-0.25, -0.2) is 0 Å². The van der Waals surface area contributed by atoms with Crippen LogP contribution in [0.1, 0.15) is 50.2 Å². The lowest BCUT2D eigenvalue weighted by Crippen LogP contribution is -2.43. The Kier molecular flexibility index (Phi) is 4.81. The smallest absolute Gasteiger partial charge is 0.232 e. The molecule has 1 amide bonds. The number of allylic oxidation sites excluding steroid dienone is 2. The van der Waals surface area contributed by atoms with Gasteiger partial charge >= 0.3 is 0 Å². The lowest BCUT2D eigenvalue weighted by atomic mass is 9.69. The van der Waals surface area contributed by atoms with Gasteiger partial charge in [-0.3, -0.25) is 14.5 Å². The molecule has 1 aliphatic heterocycles. The van der Waals surface area contributed by atoms with Gasteiger partial charge in [-0.1, -0.05) is 43.7 Å². The summed E-state index contributed by atoms with van der Waals surface area (Å²) in [7, 11) is 1.62. The minimum Gasteiger partial charge on any atom is -0.497 e. The number of rotatable bonds is 3. The van der Waals surface area contributed by atoms with Gasteiger partial charge in [0.05, 0.1) is 7.11 Å². The van der Waals surface area contributed by atoms with Crippen molar-refractivity contribution in [2.75, 3.05) is 12.0 Å². The largest absolute Gasteiger partial charge is 0.497 e. The first-order valence-corrected chi connectivity index (χ1v) is 10.1. The van der Waals surface area contributed by atoms with Crippen LogP contribution in [-0.4, -0.2) is 18.8 Å². The molecule has 0 spiro atoms. The normalized spacial score (nSPS) is 21.2. The highest BCUT2D eigenvalue weighted by Gasteiger charge is 2.44. The van der Waals surface area contributed by atoms with Gasteiger partial charge in [-0.2, -0.15) is 0 Å². The zero-order chi connectivity index (χ0) is 20.8. The Morgan fingerprint density at radius 1 is 0.966 bits per heavy atom. The highest BCUT2D eigenvalue weighted by atomic mass is 16.5. The number of benzene rings is 2. The van der Waals surface area contributed by atoms with E-state index >= 15 is 0 Å². The van der Waals surface area contributed by atoms with Gasteiger partial charge in [-0.15, -0.1) is 0 Å². The number of Topliss-reactive ketones (excluding diaryl/α,β-unsaturated/α-hetero) is 1. The Morgan fingerprint density at radius 2 is 1.62 bits per heavy atom. The summed E-state index contributed by atoms with van der Waals surface area (Å²) < 4.78 is 5.26. The molecule has 4 rings (SSSR count). The number of anilines is 1. The van der Waals surface area contributed by atoms with Crippen molar-refractivity contribution < 1.29 is 14.3 Å². The van der Waals surface area contributed by atoms with E-state index in [1.165, 1.54) is 5.56 Å². The van der Waals surface area contributed by atoms with Crippen LogP contribution in [0.2, 0.25) is 0 Å². The Morgan fingerprint density at radius 3 is 2.24 bits per heavy atom. The second kappa shape index (κ2) is 7.18. The second-order valence-electron chi connectivity index (χ2n) is 8.90. The molecule has 1 aliphatic carbocycles. The summed E-state index contributed by atoms with van der Waals surface area (Å²) in [4.78, 5) is 28.3. The van der Waals surface area contributed by atoms with Gasteiger partial charge in [0.25, 0.3) is 0 Å². The molecular formula is C25H27NO3. The highest BCUT2D eigenvalue weighted by Crippen LogP contribution is 2.48. The first-order chi connectivity index (χ1) is 13.8. The zero-order valence-electron chi connectivity index (χ0n) is 17.5. The summed E-state index contributed by atoms with van der Waals surface area (Å²) in [6, 6.07) is 15.7. The number of hydrogen-bond acceptors (Lipinski definition) is 3. The standard InChI is InChI=1S/C25H27NO3/c1-16-5-7-17(8-6-16)20-13-23(28)26(18-9-11-19(29-4)12-10-18)21-14-25(2,3)15-22(27)24(20)21/h5-12,20H,13-15H2,1-4H3. The number of aryl methyl sites for hydroxylation is 1. The third kappa shape index (κ3) is 3.59. The molecule has 0 aromatic heterocycles. The maximum atomic E-state index is 13.3. The van der Waals surface area contributed by atoms with Crippen molar-refractivity contribution in [1.82, 2.24) is 0 Å². The first kappa shape index (κ1) is 19.4. The van der Waals surface area contributed by atoms with Crippen LogP contribution in [0.25, 0.3) is 0 Å². The van der Waals surface area contributed by atoms with Gasteiger partial charge in [0.2, 0.25) is 5.91 Å². The number of amides is 1. The summed E-state index contributed by atoms with van der Waals surface area (Å²) in [5.74, 6) is 0.763. The van der Waals surface area contributed by atoms with E-state index in [9.17, 15) is 9.59 Å².